The molecule has 4 rings (SSSR count). The van der Waals surface area contributed by atoms with Crippen LogP contribution in [-0.4, -0.2) is 23.5 Å². The molecule has 0 fully saturated rings. The Bertz CT molecular complexity index is 1010. The molecule has 2 heterocycles. The number of furan rings is 1. The third-order valence-electron chi connectivity index (χ3n) is 4.99. The van der Waals surface area contributed by atoms with Crippen LogP contribution in [0.25, 0.3) is 22.6 Å². The first-order chi connectivity index (χ1) is 13.2. The maximum atomic E-state index is 13.1. The van der Waals surface area contributed by atoms with Gasteiger partial charge < -0.3 is 15.5 Å². The summed E-state index contributed by atoms with van der Waals surface area (Å²) in [5.74, 6) is 0.720. The second-order valence-electron chi connectivity index (χ2n) is 6.98. The van der Waals surface area contributed by atoms with Crippen molar-refractivity contribution in [1.29, 1.82) is 0 Å². The first-order valence-electron chi connectivity index (χ1n) is 9.34. The Hall–Kier alpha value is -2.92. The van der Waals surface area contributed by atoms with Gasteiger partial charge in [-0.15, -0.1) is 0 Å². The highest BCUT2D eigenvalue weighted by molar-refractivity contribution is 6.09. The Kier molecular flexibility index (Phi) is 4.77. The number of nitrogens with two attached hydrogens (primary N) is 1. The van der Waals surface area contributed by atoms with Crippen LogP contribution in [0, 0.1) is 0 Å². The molecular weight excluding hydrogens is 338 g/mol. The molecule has 1 amide bonds. The molecule has 1 aromatic carbocycles. The number of amides is 1. The molecule has 0 aliphatic heterocycles. The van der Waals surface area contributed by atoms with Crippen molar-refractivity contribution in [2.75, 3.05) is 6.54 Å². The lowest BCUT2D eigenvalue weighted by Gasteiger charge is -2.23. The van der Waals surface area contributed by atoms with Gasteiger partial charge in [-0.25, -0.2) is 4.98 Å². The summed E-state index contributed by atoms with van der Waals surface area (Å²) < 4.78 is 5.49. The van der Waals surface area contributed by atoms with Crippen molar-refractivity contribution in [2.45, 2.75) is 32.2 Å². The van der Waals surface area contributed by atoms with Crippen molar-refractivity contribution in [3.63, 3.8) is 0 Å². The van der Waals surface area contributed by atoms with Crippen LogP contribution in [0.15, 0.2) is 47.1 Å². The highest BCUT2D eigenvalue weighted by Gasteiger charge is 2.25. The maximum absolute atomic E-state index is 13.1. The summed E-state index contributed by atoms with van der Waals surface area (Å²) in [5.41, 5.74) is 10.3. The fraction of sp³-hybridized carbons (Fsp3) is 0.273. The molecule has 0 unspecified atom stereocenters. The second kappa shape index (κ2) is 7.37. The average Bonchev–Trinajstić information content (AvgIpc) is 3.19. The molecule has 3 N–H and O–H groups in total. The van der Waals surface area contributed by atoms with E-state index in [1.54, 1.807) is 6.26 Å². The molecule has 27 heavy (non-hydrogen) atoms. The van der Waals surface area contributed by atoms with Gasteiger partial charge in [-0.3, -0.25) is 4.79 Å². The van der Waals surface area contributed by atoms with Gasteiger partial charge in [0.05, 0.1) is 23.0 Å². The molecule has 3 aromatic rings. The highest BCUT2D eigenvalue weighted by atomic mass is 16.3. The molecule has 0 saturated carbocycles. The van der Waals surface area contributed by atoms with Crippen LogP contribution in [0.1, 0.15) is 47.1 Å². The van der Waals surface area contributed by atoms with E-state index in [4.69, 9.17) is 15.1 Å². The molecule has 1 aliphatic rings. The summed E-state index contributed by atoms with van der Waals surface area (Å²) in [6.07, 6.45) is 6.43. The minimum Gasteiger partial charge on any atom is -0.465 e. The number of benzene rings is 1. The van der Waals surface area contributed by atoms with Crippen molar-refractivity contribution in [1.82, 2.24) is 10.3 Å². The maximum Gasteiger partial charge on any atom is 0.252 e. The smallest absolute Gasteiger partial charge is 0.252 e. The summed E-state index contributed by atoms with van der Waals surface area (Å²) >= 11 is 0. The lowest BCUT2D eigenvalue weighted by atomic mass is 9.86. The van der Waals surface area contributed by atoms with E-state index in [1.807, 2.05) is 49.4 Å². The monoisotopic (exact) mass is 361 g/mol. The number of nitrogens with zero attached hydrogens (tertiary/aromatic N) is 1. The Balaban J connectivity index is 1.90. The summed E-state index contributed by atoms with van der Waals surface area (Å²) in [6.45, 7) is 2.32. The third-order valence-corrected chi connectivity index (χ3v) is 4.99. The molecule has 1 atom stereocenters. The zero-order valence-electron chi connectivity index (χ0n) is 15.4. The standard InChI is InChI=1S/C22H23N3O2/c1-14(13-23)24-22(26)20-17-8-2-3-10-19(17)25-21-15(6-4-9-18(20)21)12-16-7-5-11-27-16/h2-3,5,7-8,10-12,14H,4,6,9,13,23H2,1H3,(H,24,26)/b15-12-/t14-/m0/s1. The van der Waals surface area contributed by atoms with Crippen LogP contribution in [0.4, 0.5) is 0 Å². The summed E-state index contributed by atoms with van der Waals surface area (Å²) in [6, 6.07) is 11.5. The molecule has 0 bridgehead atoms. The number of hydrogen-bond donors (Lipinski definition) is 2. The van der Waals surface area contributed by atoms with Crippen molar-refractivity contribution < 1.29 is 9.21 Å². The van der Waals surface area contributed by atoms with Gasteiger partial charge in [0, 0.05) is 18.0 Å². The summed E-state index contributed by atoms with van der Waals surface area (Å²) in [4.78, 5) is 18.0. The number of pyridine rings is 1. The average molecular weight is 361 g/mol. The van der Waals surface area contributed by atoms with Crippen molar-refractivity contribution >= 4 is 28.5 Å². The molecule has 1 aliphatic carbocycles. The van der Waals surface area contributed by atoms with E-state index in [9.17, 15) is 4.79 Å². The van der Waals surface area contributed by atoms with E-state index in [0.717, 1.165) is 58.3 Å². The molecule has 2 aromatic heterocycles. The zero-order chi connectivity index (χ0) is 18.8. The van der Waals surface area contributed by atoms with Crippen LogP contribution in [-0.2, 0) is 6.42 Å². The number of carbonyl (C=O) groups is 1. The number of aromatic nitrogens is 1. The minimum atomic E-state index is -0.0817. The Labute approximate surface area is 158 Å². The van der Waals surface area contributed by atoms with Gasteiger partial charge in [0.25, 0.3) is 5.91 Å². The Morgan fingerprint density at radius 3 is 2.93 bits per heavy atom. The van der Waals surface area contributed by atoms with Gasteiger partial charge >= 0.3 is 0 Å². The lowest BCUT2D eigenvalue weighted by molar-refractivity contribution is 0.0942. The van der Waals surface area contributed by atoms with Crippen molar-refractivity contribution in [3.05, 3.63) is 65.2 Å². The van der Waals surface area contributed by atoms with E-state index in [1.165, 1.54) is 0 Å². The third kappa shape index (κ3) is 3.38. The fourth-order valence-corrected chi connectivity index (χ4v) is 3.63. The quantitative estimate of drug-likeness (QED) is 0.741. The minimum absolute atomic E-state index is 0.0814. The van der Waals surface area contributed by atoms with E-state index < -0.39 is 0 Å². The molecule has 0 radical (unpaired) electrons. The van der Waals surface area contributed by atoms with E-state index in [0.29, 0.717) is 6.54 Å². The van der Waals surface area contributed by atoms with E-state index in [-0.39, 0.29) is 11.9 Å². The SMILES string of the molecule is C[C@@H](CN)NC(=O)c1c2c(nc3ccccc13)/C(=C\c1ccco1)CCC2. The van der Waals surface area contributed by atoms with Crippen LogP contribution < -0.4 is 11.1 Å². The molecule has 138 valence electrons. The number of nitrogens with one attached hydrogen (secondary N) is 1. The van der Waals surface area contributed by atoms with Gasteiger partial charge in [-0.1, -0.05) is 18.2 Å². The zero-order valence-corrected chi connectivity index (χ0v) is 15.4. The first-order valence-corrected chi connectivity index (χ1v) is 9.34. The van der Waals surface area contributed by atoms with Crippen LogP contribution in [0.3, 0.4) is 0 Å². The summed E-state index contributed by atoms with van der Waals surface area (Å²) in [5, 5.41) is 3.91. The van der Waals surface area contributed by atoms with Crippen molar-refractivity contribution in [2.24, 2.45) is 5.73 Å². The topological polar surface area (TPSA) is 81.1 Å². The van der Waals surface area contributed by atoms with Gasteiger partial charge in [0.15, 0.2) is 0 Å². The van der Waals surface area contributed by atoms with Gasteiger partial charge in [-0.05, 0) is 61.6 Å². The number of rotatable bonds is 4. The largest absolute Gasteiger partial charge is 0.465 e. The Morgan fingerprint density at radius 1 is 1.30 bits per heavy atom. The predicted octanol–water partition coefficient (Wildman–Crippen LogP) is 3.78. The van der Waals surface area contributed by atoms with E-state index in [2.05, 4.69) is 5.32 Å². The van der Waals surface area contributed by atoms with Crippen LogP contribution >= 0.6 is 0 Å². The fourth-order valence-electron chi connectivity index (χ4n) is 3.63. The summed E-state index contributed by atoms with van der Waals surface area (Å²) in [7, 11) is 0. The van der Waals surface area contributed by atoms with Gasteiger partial charge in [-0.2, -0.15) is 0 Å². The van der Waals surface area contributed by atoms with Gasteiger partial charge in [0.2, 0.25) is 0 Å². The Morgan fingerprint density at radius 2 is 2.15 bits per heavy atom. The van der Waals surface area contributed by atoms with Crippen LogP contribution in [0.2, 0.25) is 0 Å². The highest BCUT2D eigenvalue weighted by Crippen LogP contribution is 2.36. The molecule has 0 saturated heterocycles. The number of hydrogen-bond acceptors (Lipinski definition) is 4. The molecule has 0 spiro atoms. The lowest BCUT2D eigenvalue weighted by Crippen LogP contribution is -2.38. The predicted molar refractivity (Wildman–Crippen MR) is 107 cm³/mol. The molecule has 5 heteroatoms. The normalized spacial score (nSPS) is 16.3. The van der Waals surface area contributed by atoms with Gasteiger partial charge in [0.1, 0.15) is 5.76 Å². The van der Waals surface area contributed by atoms with E-state index >= 15 is 0 Å². The first kappa shape index (κ1) is 17.5. The molecular formula is C22H23N3O2. The number of allylic oxidation sites excluding steroid dienone is 1. The number of para-hydroxylation sites is 1. The van der Waals surface area contributed by atoms with Crippen molar-refractivity contribution in [3.8, 4) is 0 Å². The van der Waals surface area contributed by atoms with Crippen LogP contribution in [0.5, 0.6) is 0 Å². The number of fused-ring (bicyclic) bond motifs is 2. The second-order valence-corrected chi connectivity index (χ2v) is 6.98. The number of carbonyl (C=O) groups excluding carboxylic acids is 1. The molecule has 5 nitrogen and oxygen atoms in total.